The van der Waals surface area contributed by atoms with Crippen LogP contribution in [0.25, 0.3) is 0 Å². The van der Waals surface area contributed by atoms with E-state index in [1.54, 1.807) is 12.1 Å². The molecule has 0 bridgehead atoms. The highest BCUT2D eigenvalue weighted by Gasteiger charge is 2.13. The Labute approximate surface area is 151 Å². The number of aromatic nitrogens is 2. The van der Waals surface area contributed by atoms with E-state index in [2.05, 4.69) is 20.8 Å². The number of rotatable bonds is 7. The van der Waals surface area contributed by atoms with Gasteiger partial charge in [-0.25, -0.2) is 0 Å². The van der Waals surface area contributed by atoms with Crippen LogP contribution in [0, 0.1) is 0 Å². The van der Waals surface area contributed by atoms with Gasteiger partial charge in [0, 0.05) is 6.54 Å². The molecule has 0 aliphatic rings. The van der Waals surface area contributed by atoms with E-state index in [0.29, 0.717) is 16.0 Å². The lowest BCUT2D eigenvalue weighted by Crippen LogP contribution is -2.24. The highest BCUT2D eigenvalue weighted by atomic mass is 32.2. The molecule has 3 aromatic rings. The molecule has 9 heteroatoms. The Bertz CT molecular complexity index is 834. The molecule has 0 saturated carbocycles. The zero-order chi connectivity index (χ0) is 17.5. The van der Waals surface area contributed by atoms with Crippen molar-refractivity contribution in [3.8, 4) is 0 Å². The quantitative estimate of drug-likeness (QED) is 0.488. The van der Waals surface area contributed by atoms with Crippen molar-refractivity contribution in [3.63, 3.8) is 0 Å². The minimum Gasteiger partial charge on any atom is -0.459 e. The van der Waals surface area contributed by atoms with E-state index in [1.165, 1.54) is 29.4 Å². The number of amides is 2. The van der Waals surface area contributed by atoms with Crippen LogP contribution in [0.1, 0.15) is 16.1 Å². The lowest BCUT2D eigenvalue weighted by Gasteiger charge is -2.03. The van der Waals surface area contributed by atoms with Gasteiger partial charge in [0.05, 0.1) is 12.0 Å². The van der Waals surface area contributed by atoms with E-state index in [0.717, 1.165) is 5.56 Å². The number of hydrogen-bond donors (Lipinski definition) is 2. The van der Waals surface area contributed by atoms with Crippen LogP contribution in [-0.4, -0.2) is 27.8 Å². The normalized spacial score (nSPS) is 10.4. The number of hydrogen-bond acceptors (Lipinski definition) is 7. The Morgan fingerprint density at radius 1 is 1.12 bits per heavy atom. The number of nitrogens with zero attached hydrogens (tertiary/aromatic N) is 2. The van der Waals surface area contributed by atoms with E-state index in [-0.39, 0.29) is 17.4 Å². The van der Waals surface area contributed by atoms with E-state index in [4.69, 9.17) is 4.42 Å². The van der Waals surface area contributed by atoms with Gasteiger partial charge in [-0.15, -0.1) is 10.2 Å². The largest absolute Gasteiger partial charge is 0.459 e. The van der Waals surface area contributed by atoms with E-state index >= 15 is 0 Å². The molecule has 0 saturated heterocycles. The van der Waals surface area contributed by atoms with E-state index in [9.17, 15) is 9.59 Å². The van der Waals surface area contributed by atoms with Crippen LogP contribution in [-0.2, 0) is 11.3 Å². The summed E-state index contributed by atoms with van der Waals surface area (Å²) >= 11 is 2.47. The van der Waals surface area contributed by atoms with Crippen molar-refractivity contribution < 1.29 is 14.0 Å². The molecule has 25 heavy (non-hydrogen) atoms. The van der Waals surface area contributed by atoms with Gasteiger partial charge in [-0.1, -0.05) is 53.4 Å². The van der Waals surface area contributed by atoms with Gasteiger partial charge in [-0.3, -0.25) is 14.9 Å². The van der Waals surface area contributed by atoms with Crippen molar-refractivity contribution in [3.05, 3.63) is 60.1 Å². The second-order valence-corrected chi connectivity index (χ2v) is 7.06. The van der Waals surface area contributed by atoms with Crippen LogP contribution in [0.2, 0.25) is 0 Å². The van der Waals surface area contributed by atoms with Gasteiger partial charge >= 0.3 is 0 Å². The number of benzene rings is 1. The summed E-state index contributed by atoms with van der Waals surface area (Å²) in [4.78, 5) is 23.7. The van der Waals surface area contributed by atoms with Gasteiger partial charge < -0.3 is 9.73 Å². The predicted octanol–water partition coefficient (Wildman–Crippen LogP) is 2.79. The molecular weight excluding hydrogens is 360 g/mol. The van der Waals surface area contributed by atoms with Crippen LogP contribution < -0.4 is 10.6 Å². The molecule has 2 aromatic heterocycles. The standard InChI is InChI=1S/C16H14N4O3S2/c21-13(17-9-11-5-2-1-3-6-11)10-24-16-20-19-15(25-16)18-14(22)12-7-4-8-23-12/h1-8H,9-10H2,(H,17,21)(H,18,19,22). The van der Waals surface area contributed by atoms with Gasteiger partial charge in [0.1, 0.15) is 0 Å². The maximum atomic E-state index is 11.9. The van der Waals surface area contributed by atoms with Gasteiger partial charge in [0.15, 0.2) is 10.1 Å². The molecule has 0 radical (unpaired) electrons. The van der Waals surface area contributed by atoms with Crippen LogP contribution >= 0.6 is 23.1 Å². The first-order valence-electron chi connectivity index (χ1n) is 7.32. The molecule has 2 heterocycles. The SMILES string of the molecule is O=C(CSc1nnc(NC(=O)c2ccco2)s1)NCc1ccccc1. The van der Waals surface area contributed by atoms with Gasteiger partial charge in [0.25, 0.3) is 5.91 Å². The van der Waals surface area contributed by atoms with Gasteiger partial charge in [-0.2, -0.15) is 0 Å². The molecule has 0 unspecified atom stereocenters. The molecular formula is C16H14N4O3S2. The third-order valence-corrected chi connectivity index (χ3v) is 5.00. The van der Waals surface area contributed by atoms with Crippen molar-refractivity contribution in [2.24, 2.45) is 0 Å². The Morgan fingerprint density at radius 3 is 2.72 bits per heavy atom. The lowest BCUT2D eigenvalue weighted by atomic mass is 10.2. The summed E-state index contributed by atoms with van der Waals surface area (Å²) in [6, 6.07) is 12.9. The maximum Gasteiger partial charge on any atom is 0.293 e. The highest BCUT2D eigenvalue weighted by Crippen LogP contribution is 2.25. The second kappa shape index (κ2) is 8.45. The average Bonchev–Trinajstić information content (AvgIpc) is 3.31. The number of thioether (sulfide) groups is 1. The molecule has 0 atom stereocenters. The molecule has 128 valence electrons. The minimum absolute atomic E-state index is 0.0924. The number of furan rings is 1. The Kier molecular flexibility index (Phi) is 5.81. The molecule has 2 amide bonds. The fourth-order valence-corrected chi connectivity index (χ4v) is 3.44. The monoisotopic (exact) mass is 374 g/mol. The van der Waals surface area contributed by atoms with Crippen LogP contribution in [0.3, 0.4) is 0 Å². The number of anilines is 1. The van der Waals surface area contributed by atoms with Crippen molar-refractivity contribution >= 4 is 40.0 Å². The fourth-order valence-electron chi connectivity index (χ4n) is 1.86. The van der Waals surface area contributed by atoms with Gasteiger partial charge in [0.2, 0.25) is 11.0 Å². The maximum absolute atomic E-state index is 11.9. The summed E-state index contributed by atoms with van der Waals surface area (Å²) in [6.45, 7) is 0.487. The first kappa shape index (κ1) is 17.2. The summed E-state index contributed by atoms with van der Waals surface area (Å²) < 4.78 is 5.60. The smallest absolute Gasteiger partial charge is 0.293 e. The Hall–Kier alpha value is -2.65. The summed E-state index contributed by atoms with van der Waals surface area (Å²) in [6.07, 6.45) is 1.42. The number of carbonyl (C=O) groups is 2. The molecule has 0 aliphatic carbocycles. The predicted molar refractivity (Wildman–Crippen MR) is 95.6 cm³/mol. The summed E-state index contributed by atoms with van der Waals surface area (Å²) in [5, 5.41) is 13.6. The third-order valence-electron chi connectivity index (χ3n) is 3.03. The van der Waals surface area contributed by atoms with Crippen molar-refractivity contribution in [2.75, 3.05) is 11.1 Å². The molecule has 0 fully saturated rings. The van der Waals surface area contributed by atoms with E-state index < -0.39 is 5.91 Å². The summed E-state index contributed by atoms with van der Waals surface area (Å²) in [5.74, 6) is -0.0543. The van der Waals surface area contributed by atoms with Crippen LogP contribution in [0.4, 0.5) is 5.13 Å². The van der Waals surface area contributed by atoms with Crippen molar-refractivity contribution in [2.45, 2.75) is 10.9 Å². The number of nitrogens with one attached hydrogen (secondary N) is 2. The fraction of sp³-hybridized carbons (Fsp3) is 0.125. The zero-order valence-electron chi connectivity index (χ0n) is 13.0. The Morgan fingerprint density at radius 2 is 1.96 bits per heavy atom. The first-order chi connectivity index (χ1) is 12.2. The average molecular weight is 374 g/mol. The van der Waals surface area contributed by atoms with Crippen molar-refractivity contribution in [1.82, 2.24) is 15.5 Å². The van der Waals surface area contributed by atoms with Gasteiger partial charge in [-0.05, 0) is 17.7 Å². The minimum atomic E-state index is -0.390. The molecule has 7 nitrogen and oxygen atoms in total. The lowest BCUT2D eigenvalue weighted by molar-refractivity contribution is -0.118. The highest BCUT2D eigenvalue weighted by molar-refractivity contribution is 8.01. The van der Waals surface area contributed by atoms with Crippen LogP contribution in [0.15, 0.2) is 57.5 Å². The van der Waals surface area contributed by atoms with E-state index in [1.807, 2.05) is 30.3 Å². The molecule has 3 rings (SSSR count). The summed E-state index contributed by atoms with van der Waals surface area (Å²) in [7, 11) is 0. The first-order valence-corrected chi connectivity index (χ1v) is 9.13. The number of carbonyl (C=O) groups excluding carboxylic acids is 2. The molecule has 0 aliphatic heterocycles. The molecule has 1 aromatic carbocycles. The Balaban J connectivity index is 1.43. The molecule has 0 spiro atoms. The summed E-state index contributed by atoms with van der Waals surface area (Å²) in [5.41, 5.74) is 1.04. The van der Waals surface area contributed by atoms with Crippen LogP contribution in [0.5, 0.6) is 0 Å². The van der Waals surface area contributed by atoms with Crippen molar-refractivity contribution in [1.29, 1.82) is 0 Å². The molecule has 2 N–H and O–H groups in total. The second-order valence-electron chi connectivity index (χ2n) is 4.86. The topological polar surface area (TPSA) is 97.1 Å². The zero-order valence-corrected chi connectivity index (χ0v) is 14.6. The third kappa shape index (κ3) is 5.16.